The Labute approximate surface area is 192 Å². The van der Waals surface area contributed by atoms with E-state index in [9.17, 15) is 14.9 Å². The molecular weight excluding hydrogens is 420 g/mol. The van der Waals surface area contributed by atoms with Crippen LogP contribution in [0.5, 0.6) is 0 Å². The molecule has 0 bridgehead atoms. The molecule has 2 aromatic heterocycles. The topological polar surface area (TPSA) is 96.9 Å². The summed E-state index contributed by atoms with van der Waals surface area (Å²) in [5, 5.41) is 15.8. The third-order valence-electron chi connectivity index (χ3n) is 6.75. The van der Waals surface area contributed by atoms with Gasteiger partial charge in [-0.25, -0.2) is 4.98 Å². The number of rotatable bonds is 4. The Morgan fingerprint density at radius 3 is 2.48 bits per heavy atom. The minimum Gasteiger partial charge on any atom is -0.356 e. The second-order valence-electron chi connectivity index (χ2n) is 8.99. The monoisotopic (exact) mass is 448 g/mol. The average molecular weight is 449 g/mol. The molecule has 5 rings (SSSR count). The van der Waals surface area contributed by atoms with Gasteiger partial charge in [0.1, 0.15) is 11.5 Å². The summed E-state index contributed by atoms with van der Waals surface area (Å²) in [6.07, 6.45) is 6.55. The first-order valence-corrected chi connectivity index (χ1v) is 11.7. The first-order valence-electron chi connectivity index (χ1n) is 11.7. The fourth-order valence-electron chi connectivity index (χ4n) is 4.86. The van der Waals surface area contributed by atoms with Crippen molar-refractivity contribution in [3.63, 3.8) is 0 Å². The van der Waals surface area contributed by atoms with Gasteiger partial charge in [0.05, 0.1) is 10.6 Å². The predicted molar refractivity (Wildman–Crippen MR) is 125 cm³/mol. The number of hydrogen-bond donors (Lipinski definition) is 0. The third-order valence-corrected chi connectivity index (χ3v) is 6.75. The molecule has 4 heterocycles. The Balaban J connectivity index is 1.57. The van der Waals surface area contributed by atoms with Crippen LogP contribution in [0.25, 0.3) is 16.9 Å². The Hall–Kier alpha value is -3.49. The molecule has 33 heavy (non-hydrogen) atoms. The van der Waals surface area contributed by atoms with Crippen molar-refractivity contribution in [2.75, 3.05) is 24.5 Å². The van der Waals surface area contributed by atoms with E-state index in [1.54, 1.807) is 16.6 Å². The third kappa shape index (κ3) is 4.15. The first-order chi connectivity index (χ1) is 16.0. The van der Waals surface area contributed by atoms with Crippen LogP contribution in [-0.2, 0) is 0 Å². The average Bonchev–Trinajstić information content (AvgIpc) is 3.46. The maximum Gasteiger partial charge on any atom is 0.272 e. The molecular formula is C24H28N6O3. The molecule has 2 saturated heterocycles. The Morgan fingerprint density at radius 1 is 1.03 bits per heavy atom. The van der Waals surface area contributed by atoms with E-state index >= 15 is 0 Å². The number of fused-ring (bicyclic) bond motifs is 1. The van der Waals surface area contributed by atoms with Gasteiger partial charge in [0, 0.05) is 55.5 Å². The quantitative estimate of drug-likeness (QED) is 0.436. The van der Waals surface area contributed by atoms with E-state index in [1.807, 2.05) is 17.0 Å². The van der Waals surface area contributed by atoms with Crippen molar-refractivity contribution in [3.8, 4) is 11.3 Å². The van der Waals surface area contributed by atoms with E-state index in [0.29, 0.717) is 17.0 Å². The molecule has 1 unspecified atom stereocenters. The van der Waals surface area contributed by atoms with Crippen LogP contribution in [0.15, 0.2) is 36.4 Å². The maximum absolute atomic E-state index is 13.5. The van der Waals surface area contributed by atoms with Gasteiger partial charge in [-0.3, -0.25) is 14.9 Å². The van der Waals surface area contributed by atoms with Gasteiger partial charge in [-0.05, 0) is 44.7 Å². The van der Waals surface area contributed by atoms with Crippen LogP contribution in [0, 0.1) is 10.1 Å². The van der Waals surface area contributed by atoms with E-state index in [2.05, 4.69) is 11.8 Å². The van der Waals surface area contributed by atoms with Gasteiger partial charge in [-0.15, -0.1) is 0 Å². The summed E-state index contributed by atoms with van der Waals surface area (Å²) in [7, 11) is 0. The standard InChI is InChI=1S/C24H28N6O3/c1-17-7-3-2-4-14-28(17)24(31)21-16-23(27-12-5-6-13-27)29-22(25-21)15-20(26-29)18-8-10-19(11-9-18)30(32)33/h8-11,15-17H,2-7,12-14H2,1H3. The van der Waals surface area contributed by atoms with Crippen LogP contribution >= 0.6 is 0 Å². The highest BCUT2D eigenvalue weighted by atomic mass is 16.6. The highest BCUT2D eigenvalue weighted by Crippen LogP contribution is 2.28. The fourth-order valence-corrected chi connectivity index (χ4v) is 4.86. The van der Waals surface area contributed by atoms with Crippen molar-refractivity contribution in [1.29, 1.82) is 0 Å². The second kappa shape index (κ2) is 8.80. The molecule has 2 fully saturated rings. The van der Waals surface area contributed by atoms with Crippen LogP contribution in [0.1, 0.15) is 55.9 Å². The lowest BCUT2D eigenvalue weighted by Gasteiger charge is -2.27. The number of hydrogen-bond acceptors (Lipinski definition) is 6. The molecule has 1 amide bonds. The van der Waals surface area contributed by atoms with E-state index in [1.165, 1.54) is 12.1 Å². The Kier molecular flexibility index (Phi) is 5.70. The number of nitro groups is 1. The number of amides is 1. The number of benzene rings is 1. The van der Waals surface area contributed by atoms with E-state index < -0.39 is 4.92 Å². The molecule has 172 valence electrons. The lowest BCUT2D eigenvalue weighted by molar-refractivity contribution is -0.384. The number of likely N-dealkylation sites (tertiary alicyclic amines) is 1. The normalized spacial score (nSPS) is 19.1. The van der Waals surface area contributed by atoms with Crippen molar-refractivity contribution >= 4 is 23.1 Å². The SMILES string of the molecule is CC1CCCCCN1C(=O)c1cc(N2CCCC2)n2nc(-c3ccc([N+](=O)[O-])cc3)cc2n1. The molecule has 0 saturated carbocycles. The van der Waals surface area contributed by atoms with Gasteiger partial charge in [0.15, 0.2) is 5.65 Å². The molecule has 2 aliphatic rings. The number of aromatic nitrogens is 3. The van der Waals surface area contributed by atoms with Crippen LogP contribution in [0.2, 0.25) is 0 Å². The summed E-state index contributed by atoms with van der Waals surface area (Å²) >= 11 is 0. The van der Waals surface area contributed by atoms with Crippen molar-refractivity contribution < 1.29 is 9.72 Å². The molecule has 1 aromatic carbocycles. The Morgan fingerprint density at radius 2 is 1.76 bits per heavy atom. The van der Waals surface area contributed by atoms with Crippen molar-refractivity contribution in [3.05, 3.63) is 52.2 Å². The predicted octanol–water partition coefficient (Wildman–Crippen LogP) is 4.31. The van der Waals surface area contributed by atoms with E-state index in [0.717, 1.165) is 69.5 Å². The number of carbonyl (C=O) groups excluding carboxylic acids is 1. The summed E-state index contributed by atoms with van der Waals surface area (Å²) in [4.78, 5) is 33.0. The van der Waals surface area contributed by atoms with Crippen LogP contribution in [0.4, 0.5) is 11.5 Å². The number of carbonyl (C=O) groups is 1. The number of anilines is 1. The maximum atomic E-state index is 13.5. The van der Waals surface area contributed by atoms with Crippen LogP contribution in [-0.4, -0.2) is 56.0 Å². The summed E-state index contributed by atoms with van der Waals surface area (Å²) in [6, 6.07) is 10.3. The summed E-state index contributed by atoms with van der Waals surface area (Å²) < 4.78 is 1.80. The minimum absolute atomic E-state index is 0.0227. The molecule has 9 heteroatoms. The Bertz CT molecular complexity index is 1180. The molecule has 0 N–H and O–H groups in total. The second-order valence-corrected chi connectivity index (χ2v) is 8.99. The smallest absolute Gasteiger partial charge is 0.272 e. The van der Waals surface area contributed by atoms with Gasteiger partial charge < -0.3 is 9.80 Å². The van der Waals surface area contributed by atoms with Crippen LogP contribution < -0.4 is 4.90 Å². The first kappa shape index (κ1) is 21.4. The van der Waals surface area contributed by atoms with Crippen molar-refractivity contribution in [2.45, 2.75) is 51.5 Å². The number of non-ortho nitro benzene ring substituents is 1. The zero-order valence-corrected chi connectivity index (χ0v) is 18.8. The summed E-state index contributed by atoms with van der Waals surface area (Å²) in [5.41, 5.74) is 2.54. The van der Waals surface area contributed by atoms with Crippen molar-refractivity contribution in [2.24, 2.45) is 0 Å². The fraction of sp³-hybridized carbons (Fsp3) is 0.458. The van der Waals surface area contributed by atoms with Crippen molar-refractivity contribution in [1.82, 2.24) is 19.5 Å². The van der Waals surface area contributed by atoms with Gasteiger partial charge in [-0.1, -0.05) is 12.8 Å². The number of nitrogens with zero attached hydrogens (tertiary/aromatic N) is 6. The van der Waals surface area contributed by atoms with Gasteiger partial charge in [0.25, 0.3) is 11.6 Å². The van der Waals surface area contributed by atoms with E-state index in [4.69, 9.17) is 10.1 Å². The molecule has 3 aromatic rings. The molecule has 0 spiro atoms. The lowest BCUT2D eigenvalue weighted by atomic mass is 10.1. The summed E-state index contributed by atoms with van der Waals surface area (Å²) in [5.74, 6) is 0.849. The highest BCUT2D eigenvalue weighted by Gasteiger charge is 2.27. The molecule has 0 aliphatic carbocycles. The van der Waals surface area contributed by atoms with Crippen LogP contribution in [0.3, 0.4) is 0 Å². The molecule has 9 nitrogen and oxygen atoms in total. The molecule has 2 aliphatic heterocycles. The zero-order valence-electron chi connectivity index (χ0n) is 18.8. The largest absolute Gasteiger partial charge is 0.356 e. The van der Waals surface area contributed by atoms with E-state index in [-0.39, 0.29) is 17.6 Å². The molecule has 1 atom stereocenters. The minimum atomic E-state index is -0.414. The van der Waals surface area contributed by atoms with Gasteiger partial charge in [-0.2, -0.15) is 9.61 Å². The summed E-state index contributed by atoms with van der Waals surface area (Å²) in [6.45, 7) is 4.72. The van der Waals surface area contributed by atoms with Gasteiger partial charge >= 0.3 is 0 Å². The lowest BCUT2D eigenvalue weighted by Crippen LogP contribution is -2.39. The highest BCUT2D eigenvalue weighted by molar-refractivity contribution is 5.94. The number of nitro benzene ring substituents is 1. The van der Waals surface area contributed by atoms with Gasteiger partial charge in [0.2, 0.25) is 0 Å². The molecule has 0 radical (unpaired) electrons. The zero-order chi connectivity index (χ0) is 22.9.